The first-order chi connectivity index (χ1) is 15.0. The van der Waals surface area contributed by atoms with E-state index in [0.29, 0.717) is 55.2 Å². The summed E-state index contributed by atoms with van der Waals surface area (Å²) in [4.78, 5) is 32.6. The van der Waals surface area contributed by atoms with Gasteiger partial charge in [0.1, 0.15) is 5.82 Å². The van der Waals surface area contributed by atoms with Gasteiger partial charge < -0.3 is 9.80 Å². The number of piperazine rings is 1. The number of ketones is 1. The Labute approximate surface area is 180 Å². The number of halogens is 1. The number of amides is 1. The highest BCUT2D eigenvalue weighted by Gasteiger charge is 2.27. The van der Waals surface area contributed by atoms with Crippen molar-refractivity contribution in [3.63, 3.8) is 0 Å². The third kappa shape index (κ3) is 4.05. The molecule has 0 radical (unpaired) electrons. The number of carbonyl (C=O) groups is 2. The van der Waals surface area contributed by atoms with E-state index in [0.717, 1.165) is 5.69 Å². The lowest BCUT2D eigenvalue weighted by atomic mass is 10.1. The molecular formula is C23H24FN5O2. The van der Waals surface area contributed by atoms with Crippen molar-refractivity contribution in [2.75, 3.05) is 31.1 Å². The van der Waals surface area contributed by atoms with E-state index >= 15 is 0 Å². The van der Waals surface area contributed by atoms with Crippen LogP contribution in [0.1, 0.15) is 40.3 Å². The summed E-state index contributed by atoms with van der Waals surface area (Å²) in [6.45, 7) is 5.38. The van der Waals surface area contributed by atoms with Crippen molar-refractivity contribution in [3.05, 3.63) is 71.4 Å². The van der Waals surface area contributed by atoms with Gasteiger partial charge in [-0.25, -0.2) is 14.1 Å². The maximum absolute atomic E-state index is 14.5. The number of hydrogen-bond acceptors (Lipinski definition) is 5. The number of benzene rings is 1. The minimum atomic E-state index is -0.419. The fourth-order valence-corrected chi connectivity index (χ4v) is 3.87. The molecule has 0 saturated carbocycles. The second kappa shape index (κ2) is 8.67. The van der Waals surface area contributed by atoms with Gasteiger partial charge in [-0.15, -0.1) is 0 Å². The first kappa shape index (κ1) is 20.7. The number of aromatic nitrogens is 3. The van der Waals surface area contributed by atoms with Gasteiger partial charge in [-0.05, 0) is 43.7 Å². The third-order valence-corrected chi connectivity index (χ3v) is 5.56. The highest BCUT2D eigenvalue weighted by atomic mass is 19.1. The average molecular weight is 421 g/mol. The van der Waals surface area contributed by atoms with Crippen molar-refractivity contribution in [1.82, 2.24) is 19.7 Å². The molecule has 0 unspecified atom stereocenters. The Kier molecular flexibility index (Phi) is 5.79. The van der Waals surface area contributed by atoms with Crippen molar-refractivity contribution < 1.29 is 14.0 Å². The summed E-state index contributed by atoms with van der Waals surface area (Å²) in [5.41, 5.74) is 2.19. The van der Waals surface area contributed by atoms with Gasteiger partial charge in [0.05, 0.1) is 23.1 Å². The van der Waals surface area contributed by atoms with Crippen LogP contribution >= 0.6 is 0 Å². The minimum absolute atomic E-state index is 0.0777. The average Bonchev–Trinajstić information content (AvgIpc) is 3.23. The van der Waals surface area contributed by atoms with E-state index in [1.807, 2.05) is 30.0 Å². The molecule has 8 heteroatoms. The molecule has 31 heavy (non-hydrogen) atoms. The van der Waals surface area contributed by atoms with Gasteiger partial charge in [-0.1, -0.05) is 13.0 Å². The quantitative estimate of drug-likeness (QED) is 0.592. The van der Waals surface area contributed by atoms with E-state index in [1.54, 1.807) is 34.1 Å². The lowest BCUT2D eigenvalue weighted by molar-refractivity contribution is 0.0745. The van der Waals surface area contributed by atoms with E-state index in [1.165, 1.54) is 13.0 Å². The molecular weight excluding hydrogens is 397 g/mol. The SMILES string of the molecule is CCc1c(C(=O)N2CCN(c3ccc(C(C)=O)cc3F)CC2)cnn1-c1ccccn1. The van der Waals surface area contributed by atoms with Gasteiger partial charge >= 0.3 is 0 Å². The zero-order chi connectivity index (χ0) is 22.0. The fraction of sp³-hybridized carbons (Fsp3) is 0.304. The van der Waals surface area contributed by atoms with Gasteiger partial charge in [0.15, 0.2) is 11.6 Å². The lowest BCUT2D eigenvalue weighted by Crippen LogP contribution is -2.49. The van der Waals surface area contributed by atoms with Crippen molar-refractivity contribution in [1.29, 1.82) is 0 Å². The molecule has 0 spiro atoms. The summed E-state index contributed by atoms with van der Waals surface area (Å²) >= 11 is 0. The van der Waals surface area contributed by atoms with Crippen molar-refractivity contribution in [2.45, 2.75) is 20.3 Å². The Bertz CT molecular complexity index is 1100. The molecule has 1 aromatic carbocycles. The molecule has 1 saturated heterocycles. The Morgan fingerprint density at radius 2 is 1.87 bits per heavy atom. The maximum atomic E-state index is 14.5. The van der Waals surface area contributed by atoms with Crippen LogP contribution in [-0.2, 0) is 6.42 Å². The molecule has 1 amide bonds. The summed E-state index contributed by atoms with van der Waals surface area (Å²) in [6, 6.07) is 10.1. The number of rotatable bonds is 5. The normalized spacial score (nSPS) is 14.0. The van der Waals surface area contributed by atoms with Crippen LogP contribution in [0.2, 0.25) is 0 Å². The number of hydrogen-bond donors (Lipinski definition) is 0. The molecule has 2 aromatic heterocycles. The van der Waals surface area contributed by atoms with Crippen molar-refractivity contribution in [2.24, 2.45) is 0 Å². The van der Waals surface area contributed by atoms with E-state index in [4.69, 9.17) is 0 Å². The molecule has 7 nitrogen and oxygen atoms in total. The van der Waals surface area contributed by atoms with Gasteiger partial charge in [0, 0.05) is 37.9 Å². The highest BCUT2D eigenvalue weighted by Crippen LogP contribution is 2.23. The number of nitrogens with zero attached hydrogens (tertiary/aromatic N) is 5. The first-order valence-corrected chi connectivity index (χ1v) is 10.3. The highest BCUT2D eigenvalue weighted by molar-refractivity contribution is 5.95. The summed E-state index contributed by atoms with van der Waals surface area (Å²) in [7, 11) is 0. The molecule has 3 heterocycles. The number of anilines is 1. The summed E-state index contributed by atoms with van der Waals surface area (Å²) in [5, 5.41) is 4.39. The smallest absolute Gasteiger partial charge is 0.257 e. The van der Waals surface area contributed by atoms with E-state index in [9.17, 15) is 14.0 Å². The van der Waals surface area contributed by atoms with E-state index in [2.05, 4.69) is 10.1 Å². The van der Waals surface area contributed by atoms with Gasteiger partial charge in [0.2, 0.25) is 0 Å². The van der Waals surface area contributed by atoms with E-state index in [-0.39, 0.29) is 11.7 Å². The number of Topliss-reactive ketones (excluding diaryl/α,β-unsaturated/α-hetero) is 1. The van der Waals surface area contributed by atoms with Gasteiger partial charge in [-0.3, -0.25) is 9.59 Å². The Balaban J connectivity index is 1.48. The second-order valence-corrected chi connectivity index (χ2v) is 7.46. The van der Waals surface area contributed by atoms with Crippen molar-refractivity contribution >= 4 is 17.4 Å². The number of carbonyl (C=O) groups excluding carboxylic acids is 2. The standard InChI is InChI=1S/C23H24FN5O2/c1-3-20-18(15-26-29(20)22-6-4-5-9-25-22)23(31)28-12-10-27(11-13-28)21-8-7-17(16(2)30)14-19(21)24/h4-9,14-15H,3,10-13H2,1-2H3. The largest absolute Gasteiger partial charge is 0.366 e. The molecule has 1 fully saturated rings. The van der Waals surface area contributed by atoms with Crippen LogP contribution in [0.3, 0.4) is 0 Å². The predicted octanol–water partition coefficient (Wildman–Crippen LogP) is 3.13. The topological polar surface area (TPSA) is 71.3 Å². The monoisotopic (exact) mass is 421 g/mol. The Morgan fingerprint density at radius 3 is 2.48 bits per heavy atom. The summed E-state index contributed by atoms with van der Waals surface area (Å²) < 4.78 is 16.2. The Morgan fingerprint density at radius 1 is 1.10 bits per heavy atom. The molecule has 0 aliphatic carbocycles. The fourth-order valence-electron chi connectivity index (χ4n) is 3.87. The Hall–Kier alpha value is -3.55. The maximum Gasteiger partial charge on any atom is 0.257 e. The van der Waals surface area contributed by atoms with Gasteiger partial charge in [0.25, 0.3) is 5.91 Å². The molecule has 0 N–H and O–H groups in total. The van der Waals surface area contributed by atoms with Gasteiger partial charge in [-0.2, -0.15) is 5.10 Å². The molecule has 160 valence electrons. The predicted molar refractivity (Wildman–Crippen MR) is 115 cm³/mol. The summed E-state index contributed by atoms with van der Waals surface area (Å²) in [6.07, 6.45) is 3.94. The van der Waals surface area contributed by atoms with Crippen LogP contribution in [0.5, 0.6) is 0 Å². The number of pyridine rings is 1. The minimum Gasteiger partial charge on any atom is -0.366 e. The van der Waals surface area contributed by atoms with Crippen molar-refractivity contribution in [3.8, 4) is 5.82 Å². The first-order valence-electron chi connectivity index (χ1n) is 10.3. The lowest BCUT2D eigenvalue weighted by Gasteiger charge is -2.36. The van der Waals surface area contributed by atoms with Crippen LogP contribution in [0.4, 0.5) is 10.1 Å². The molecule has 0 bridgehead atoms. The van der Waals surface area contributed by atoms with Crippen LogP contribution in [0.25, 0.3) is 5.82 Å². The zero-order valence-corrected chi connectivity index (χ0v) is 17.6. The van der Waals surface area contributed by atoms with E-state index < -0.39 is 5.82 Å². The summed E-state index contributed by atoms with van der Waals surface area (Å²) in [5.74, 6) is 0.00927. The van der Waals surface area contributed by atoms with Crippen LogP contribution < -0.4 is 4.90 Å². The molecule has 0 atom stereocenters. The molecule has 1 aliphatic heterocycles. The second-order valence-electron chi connectivity index (χ2n) is 7.46. The molecule has 4 rings (SSSR count). The van der Waals surface area contributed by atoms with Crippen LogP contribution in [0, 0.1) is 5.82 Å². The van der Waals surface area contributed by atoms with Crippen LogP contribution in [0.15, 0.2) is 48.8 Å². The van der Waals surface area contributed by atoms with Crippen LogP contribution in [-0.4, -0.2) is 57.5 Å². The molecule has 3 aromatic rings. The molecule has 1 aliphatic rings. The third-order valence-electron chi connectivity index (χ3n) is 5.56. The zero-order valence-electron chi connectivity index (χ0n) is 17.6.